The number of allylic oxidation sites excluding steroid dienone is 2. The van der Waals surface area contributed by atoms with Gasteiger partial charge in [-0.05, 0) is 39.3 Å². The van der Waals surface area contributed by atoms with Gasteiger partial charge in [-0.2, -0.15) is 0 Å². The van der Waals surface area contributed by atoms with Gasteiger partial charge in [0.2, 0.25) is 0 Å². The molecule has 0 saturated carbocycles. The summed E-state index contributed by atoms with van der Waals surface area (Å²) < 4.78 is 0. The minimum Gasteiger partial charge on any atom is -0.298 e. The molecule has 0 rings (SSSR count). The van der Waals surface area contributed by atoms with Crippen LogP contribution in [0.3, 0.4) is 0 Å². The van der Waals surface area contributed by atoms with E-state index in [4.69, 9.17) is 0 Å². The number of hydrogen-bond acceptors (Lipinski definition) is 2. The highest BCUT2D eigenvalue weighted by atomic mass is 14.8. The Morgan fingerprint density at radius 1 is 1.38 bits per heavy atom. The van der Waals surface area contributed by atoms with Gasteiger partial charge in [0.05, 0.1) is 12.6 Å². The predicted molar refractivity (Wildman–Crippen MR) is 60.9 cm³/mol. The Balaban J connectivity index is 4.58. The fourth-order valence-corrected chi connectivity index (χ4v) is 1.13. The van der Waals surface area contributed by atoms with E-state index in [1.165, 1.54) is 5.57 Å². The van der Waals surface area contributed by atoms with Crippen LogP contribution >= 0.6 is 0 Å². The Labute approximate surface area is 80.8 Å². The highest BCUT2D eigenvalue weighted by molar-refractivity contribution is 5.54. The second kappa shape index (κ2) is 7.47. The molecule has 0 aromatic carbocycles. The summed E-state index contributed by atoms with van der Waals surface area (Å²) in [4.78, 5) is 8.19. The molecule has 0 aromatic rings. The van der Waals surface area contributed by atoms with Crippen molar-refractivity contribution >= 4 is 12.9 Å². The zero-order valence-corrected chi connectivity index (χ0v) is 8.70. The zero-order chi connectivity index (χ0) is 10.1. The molecule has 13 heavy (non-hydrogen) atoms. The van der Waals surface area contributed by atoms with E-state index in [-0.39, 0.29) is 6.04 Å². The van der Waals surface area contributed by atoms with Crippen molar-refractivity contribution in [3.05, 3.63) is 23.8 Å². The van der Waals surface area contributed by atoms with Gasteiger partial charge in [0.1, 0.15) is 0 Å². The van der Waals surface area contributed by atoms with E-state index in [0.29, 0.717) is 6.54 Å². The number of nitrogens with zero attached hydrogens (tertiary/aromatic N) is 2. The Hall–Kier alpha value is -1.18. The second-order valence-electron chi connectivity index (χ2n) is 2.62. The topological polar surface area (TPSA) is 24.7 Å². The van der Waals surface area contributed by atoms with Crippen LogP contribution in [0.5, 0.6) is 0 Å². The molecule has 1 unspecified atom stereocenters. The standard InChI is InChI=1S/C11H18N2/c1-5-8-10(6-2)11(9-12-4)13-7-3/h5-8,11H,4,9H2,1-3H3/b8-5-,10-6+,13-7?. The van der Waals surface area contributed by atoms with E-state index in [1.54, 1.807) is 0 Å². The van der Waals surface area contributed by atoms with Crippen LogP contribution in [0.1, 0.15) is 20.8 Å². The van der Waals surface area contributed by atoms with Crippen molar-refractivity contribution in [1.82, 2.24) is 0 Å². The molecule has 0 fully saturated rings. The molecule has 0 bridgehead atoms. The quantitative estimate of drug-likeness (QED) is 0.457. The number of hydrogen-bond donors (Lipinski definition) is 0. The average molecular weight is 178 g/mol. The third-order valence-corrected chi connectivity index (χ3v) is 1.71. The molecule has 0 heterocycles. The minimum absolute atomic E-state index is 0.128. The van der Waals surface area contributed by atoms with Gasteiger partial charge < -0.3 is 0 Å². The number of rotatable bonds is 5. The summed E-state index contributed by atoms with van der Waals surface area (Å²) in [6, 6.07) is 0.128. The Morgan fingerprint density at radius 2 is 2.08 bits per heavy atom. The van der Waals surface area contributed by atoms with Crippen LogP contribution in [0, 0.1) is 0 Å². The van der Waals surface area contributed by atoms with Gasteiger partial charge in [0.25, 0.3) is 0 Å². The first-order valence-electron chi connectivity index (χ1n) is 4.49. The minimum atomic E-state index is 0.128. The first kappa shape index (κ1) is 11.8. The molecule has 0 spiro atoms. The van der Waals surface area contributed by atoms with Crippen molar-refractivity contribution in [3.63, 3.8) is 0 Å². The molecule has 0 saturated heterocycles. The average Bonchev–Trinajstić information content (AvgIpc) is 2.14. The normalized spacial score (nSPS) is 15.5. The summed E-state index contributed by atoms with van der Waals surface area (Å²) in [5, 5.41) is 0. The molecule has 0 radical (unpaired) electrons. The van der Waals surface area contributed by atoms with E-state index in [9.17, 15) is 0 Å². The van der Waals surface area contributed by atoms with Crippen molar-refractivity contribution < 1.29 is 0 Å². The van der Waals surface area contributed by atoms with E-state index >= 15 is 0 Å². The molecular weight excluding hydrogens is 160 g/mol. The van der Waals surface area contributed by atoms with Gasteiger partial charge >= 0.3 is 0 Å². The third kappa shape index (κ3) is 4.41. The Bertz CT molecular complexity index is 224. The predicted octanol–water partition coefficient (Wildman–Crippen LogP) is 2.67. The fraction of sp³-hybridized carbons (Fsp3) is 0.455. The van der Waals surface area contributed by atoms with Gasteiger partial charge in [0, 0.05) is 0 Å². The molecule has 0 aliphatic heterocycles. The maximum atomic E-state index is 4.33. The first-order chi connectivity index (χ1) is 6.29. The van der Waals surface area contributed by atoms with Crippen molar-refractivity contribution in [1.29, 1.82) is 0 Å². The molecule has 0 aliphatic rings. The summed E-state index contributed by atoms with van der Waals surface area (Å²) in [5.41, 5.74) is 1.19. The van der Waals surface area contributed by atoms with Gasteiger partial charge in [-0.25, -0.2) is 0 Å². The first-order valence-corrected chi connectivity index (χ1v) is 4.49. The second-order valence-corrected chi connectivity index (χ2v) is 2.62. The lowest BCUT2D eigenvalue weighted by Crippen LogP contribution is -2.11. The molecule has 2 heteroatoms. The van der Waals surface area contributed by atoms with E-state index in [1.807, 2.05) is 33.1 Å². The SMILES string of the molecule is C=NCC(N=CC)C(/C=C\C)=C/C. The summed E-state index contributed by atoms with van der Waals surface area (Å²) in [7, 11) is 0. The van der Waals surface area contributed by atoms with Gasteiger partial charge in [-0.1, -0.05) is 18.2 Å². The molecule has 2 nitrogen and oxygen atoms in total. The largest absolute Gasteiger partial charge is 0.298 e. The molecule has 0 N–H and O–H groups in total. The zero-order valence-electron chi connectivity index (χ0n) is 8.70. The van der Waals surface area contributed by atoms with Crippen LogP contribution in [0.15, 0.2) is 33.8 Å². The van der Waals surface area contributed by atoms with Crippen LogP contribution in [0.2, 0.25) is 0 Å². The fourth-order valence-electron chi connectivity index (χ4n) is 1.13. The van der Waals surface area contributed by atoms with E-state index in [0.717, 1.165) is 0 Å². The molecule has 1 atom stereocenters. The van der Waals surface area contributed by atoms with E-state index in [2.05, 4.69) is 28.9 Å². The third-order valence-electron chi connectivity index (χ3n) is 1.71. The number of aliphatic imine (C=N–C) groups is 2. The lowest BCUT2D eigenvalue weighted by atomic mass is 10.1. The maximum absolute atomic E-state index is 4.33. The van der Waals surface area contributed by atoms with Crippen LogP contribution in [0.4, 0.5) is 0 Å². The molecule has 0 amide bonds. The van der Waals surface area contributed by atoms with Crippen molar-refractivity contribution in [2.24, 2.45) is 9.98 Å². The Kier molecular flexibility index (Phi) is 6.79. The van der Waals surface area contributed by atoms with Gasteiger partial charge in [0.15, 0.2) is 0 Å². The lowest BCUT2D eigenvalue weighted by Gasteiger charge is -2.10. The van der Waals surface area contributed by atoms with Crippen molar-refractivity contribution in [3.8, 4) is 0 Å². The molecule has 72 valence electrons. The van der Waals surface area contributed by atoms with Gasteiger partial charge in [-0.3, -0.25) is 9.98 Å². The van der Waals surface area contributed by atoms with E-state index < -0.39 is 0 Å². The van der Waals surface area contributed by atoms with Crippen LogP contribution in [-0.2, 0) is 0 Å². The van der Waals surface area contributed by atoms with Crippen molar-refractivity contribution in [2.75, 3.05) is 6.54 Å². The Morgan fingerprint density at radius 3 is 2.46 bits per heavy atom. The molecule has 0 aromatic heterocycles. The van der Waals surface area contributed by atoms with Crippen LogP contribution in [-0.4, -0.2) is 25.5 Å². The molecular formula is C11H18N2. The molecule has 0 aliphatic carbocycles. The highest BCUT2D eigenvalue weighted by Gasteiger charge is 2.06. The highest BCUT2D eigenvalue weighted by Crippen LogP contribution is 2.08. The monoisotopic (exact) mass is 178 g/mol. The smallest absolute Gasteiger partial charge is 0.0936 e. The summed E-state index contributed by atoms with van der Waals surface area (Å²) >= 11 is 0. The lowest BCUT2D eigenvalue weighted by molar-refractivity contribution is 0.802. The van der Waals surface area contributed by atoms with Crippen molar-refractivity contribution in [2.45, 2.75) is 26.8 Å². The summed E-state index contributed by atoms with van der Waals surface area (Å²) in [5.74, 6) is 0. The van der Waals surface area contributed by atoms with Crippen LogP contribution < -0.4 is 0 Å². The van der Waals surface area contributed by atoms with Gasteiger partial charge in [-0.15, -0.1) is 0 Å². The summed E-state index contributed by atoms with van der Waals surface area (Å²) in [6.07, 6.45) is 7.94. The maximum Gasteiger partial charge on any atom is 0.0936 e. The summed E-state index contributed by atoms with van der Waals surface area (Å²) in [6.45, 7) is 10.1. The van der Waals surface area contributed by atoms with Crippen LogP contribution in [0.25, 0.3) is 0 Å².